The van der Waals surface area contributed by atoms with Gasteiger partial charge in [0.25, 0.3) is 0 Å². The third-order valence-corrected chi connectivity index (χ3v) is 6.11. The third-order valence-electron chi connectivity index (χ3n) is 6.11. The number of rotatable bonds is 6. The molecule has 0 radical (unpaired) electrons. The van der Waals surface area contributed by atoms with E-state index < -0.39 is 11.6 Å². The number of anilines is 1. The van der Waals surface area contributed by atoms with Crippen LogP contribution in [0.25, 0.3) is 0 Å². The first-order chi connectivity index (χ1) is 13.6. The number of carbonyl (C=O) groups excluding carboxylic acids is 1. The van der Waals surface area contributed by atoms with E-state index in [1.54, 1.807) is 6.07 Å². The number of halogens is 2. The van der Waals surface area contributed by atoms with Gasteiger partial charge in [0.15, 0.2) is 0 Å². The summed E-state index contributed by atoms with van der Waals surface area (Å²) >= 11 is 0. The molecule has 2 aromatic rings. The molecule has 28 heavy (non-hydrogen) atoms. The molecule has 0 aromatic heterocycles. The van der Waals surface area contributed by atoms with E-state index in [9.17, 15) is 13.6 Å². The summed E-state index contributed by atoms with van der Waals surface area (Å²) in [4.78, 5) is 14.6. The Morgan fingerprint density at radius 3 is 2.64 bits per heavy atom. The lowest BCUT2D eigenvalue weighted by Crippen LogP contribution is -2.35. The predicted molar refractivity (Wildman–Crippen MR) is 106 cm³/mol. The Kier molecular flexibility index (Phi) is 5.72. The number of para-hydroxylation sites is 1. The van der Waals surface area contributed by atoms with Crippen molar-refractivity contribution in [1.82, 2.24) is 4.90 Å². The molecule has 1 unspecified atom stereocenters. The van der Waals surface area contributed by atoms with E-state index in [0.717, 1.165) is 62.6 Å². The minimum absolute atomic E-state index is 0.0322. The van der Waals surface area contributed by atoms with E-state index in [1.807, 2.05) is 24.3 Å². The molecule has 0 bridgehead atoms. The van der Waals surface area contributed by atoms with Crippen LogP contribution in [-0.4, -0.2) is 30.4 Å². The number of fused-ring (bicyclic) bond motifs is 1. The molecule has 5 heteroatoms. The van der Waals surface area contributed by atoms with Crippen molar-refractivity contribution < 1.29 is 13.6 Å². The molecule has 0 spiro atoms. The van der Waals surface area contributed by atoms with Crippen LogP contribution in [0, 0.1) is 17.6 Å². The average Bonchev–Trinajstić information content (AvgIpc) is 3.01. The molecule has 0 saturated carbocycles. The first-order valence-electron chi connectivity index (χ1n) is 10.2. The lowest BCUT2D eigenvalue weighted by Gasteiger charge is -2.32. The summed E-state index contributed by atoms with van der Waals surface area (Å²) in [5, 5.41) is 2.97. The van der Waals surface area contributed by atoms with Crippen LogP contribution in [0.3, 0.4) is 0 Å². The largest absolute Gasteiger partial charge is 0.325 e. The second-order valence-corrected chi connectivity index (χ2v) is 8.00. The molecule has 0 aliphatic carbocycles. The molecular weight excluding hydrogens is 358 g/mol. The molecule has 1 atom stereocenters. The third kappa shape index (κ3) is 4.25. The molecule has 3 nitrogen and oxygen atoms in total. The summed E-state index contributed by atoms with van der Waals surface area (Å²) < 4.78 is 26.9. The Hall–Kier alpha value is -2.27. The zero-order valence-corrected chi connectivity index (χ0v) is 16.0. The van der Waals surface area contributed by atoms with Crippen molar-refractivity contribution in [2.45, 2.75) is 38.0 Å². The highest BCUT2D eigenvalue weighted by atomic mass is 19.1. The Morgan fingerprint density at radius 1 is 1.07 bits per heavy atom. The lowest BCUT2D eigenvalue weighted by molar-refractivity contribution is -0.117. The van der Waals surface area contributed by atoms with E-state index in [4.69, 9.17) is 0 Å². The van der Waals surface area contributed by atoms with E-state index in [1.165, 1.54) is 6.07 Å². The Morgan fingerprint density at radius 2 is 1.86 bits per heavy atom. The lowest BCUT2D eigenvalue weighted by atomic mass is 9.89. The number of nitrogens with zero attached hydrogens (tertiary/aromatic N) is 1. The van der Waals surface area contributed by atoms with Crippen LogP contribution in [-0.2, 0) is 11.2 Å². The summed E-state index contributed by atoms with van der Waals surface area (Å²) in [7, 11) is 0. The van der Waals surface area contributed by atoms with E-state index in [-0.39, 0.29) is 11.8 Å². The van der Waals surface area contributed by atoms with Crippen LogP contribution in [0.2, 0.25) is 0 Å². The van der Waals surface area contributed by atoms with Crippen LogP contribution in [0.1, 0.15) is 42.7 Å². The topological polar surface area (TPSA) is 32.3 Å². The van der Waals surface area contributed by atoms with Gasteiger partial charge in [0.1, 0.15) is 11.6 Å². The van der Waals surface area contributed by atoms with Crippen molar-refractivity contribution in [2.75, 3.05) is 25.0 Å². The zero-order valence-electron chi connectivity index (χ0n) is 16.0. The highest BCUT2D eigenvalue weighted by Crippen LogP contribution is 2.35. The molecule has 1 saturated heterocycles. The quantitative estimate of drug-likeness (QED) is 0.781. The van der Waals surface area contributed by atoms with Gasteiger partial charge in [-0.2, -0.15) is 0 Å². The van der Waals surface area contributed by atoms with Gasteiger partial charge >= 0.3 is 0 Å². The van der Waals surface area contributed by atoms with E-state index >= 15 is 0 Å². The second kappa shape index (κ2) is 8.39. The van der Waals surface area contributed by atoms with Gasteiger partial charge in [-0.25, -0.2) is 8.78 Å². The van der Waals surface area contributed by atoms with Crippen LogP contribution in [0.5, 0.6) is 0 Å². The highest BCUT2D eigenvalue weighted by Gasteiger charge is 2.29. The molecule has 2 aromatic carbocycles. The average molecular weight is 384 g/mol. The van der Waals surface area contributed by atoms with Crippen LogP contribution in [0.4, 0.5) is 14.5 Å². The highest BCUT2D eigenvalue weighted by molar-refractivity contribution is 6.02. The molecule has 2 heterocycles. The smallest absolute Gasteiger partial charge is 0.232 e. The van der Waals surface area contributed by atoms with Crippen molar-refractivity contribution in [3.63, 3.8) is 0 Å². The number of nitrogens with one attached hydrogen (secondary N) is 1. The summed E-state index contributed by atoms with van der Waals surface area (Å²) in [5.41, 5.74) is 2.68. The number of carbonyl (C=O) groups is 1. The minimum Gasteiger partial charge on any atom is -0.325 e. The van der Waals surface area contributed by atoms with Crippen molar-refractivity contribution in [3.8, 4) is 0 Å². The Labute approximate surface area is 164 Å². The van der Waals surface area contributed by atoms with Crippen molar-refractivity contribution in [3.05, 3.63) is 65.2 Å². The Balaban J connectivity index is 1.21. The number of hydrogen-bond donors (Lipinski definition) is 1. The van der Waals surface area contributed by atoms with Gasteiger partial charge in [0.05, 0.1) is 5.92 Å². The Bertz CT molecular complexity index is 846. The number of amides is 1. The van der Waals surface area contributed by atoms with Crippen molar-refractivity contribution >= 4 is 11.6 Å². The van der Waals surface area contributed by atoms with E-state index in [0.29, 0.717) is 17.9 Å². The van der Waals surface area contributed by atoms with Crippen LogP contribution in [0.15, 0.2) is 42.5 Å². The molecule has 1 fully saturated rings. The fraction of sp³-hybridized carbons (Fsp3) is 0.435. The van der Waals surface area contributed by atoms with Gasteiger partial charge in [0, 0.05) is 11.8 Å². The summed E-state index contributed by atoms with van der Waals surface area (Å²) in [5.74, 6) is -0.424. The fourth-order valence-corrected chi connectivity index (χ4v) is 4.49. The van der Waals surface area contributed by atoms with Crippen molar-refractivity contribution in [2.24, 2.45) is 5.92 Å². The number of likely N-dealkylation sites (tertiary alicyclic amines) is 1. The maximum atomic E-state index is 13.9. The molecule has 4 rings (SSSR count). The van der Waals surface area contributed by atoms with E-state index in [2.05, 4.69) is 10.2 Å². The molecular formula is C23H26F2N2O. The van der Waals surface area contributed by atoms with Gasteiger partial charge in [0.2, 0.25) is 5.91 Å². The minimum atomic E-state index is -0.519. The van der Waals surface area contributed by atoms with Gasteiger partial charge in [-0.15, -0.1) is 0 Å². The van der Waals surface area contributed by atoms with Crippen molar-refractivity contribution in [1.29, 1.82) is 0 Å². The van der Waals surface area contributed by atoms with Gasteiger partial charge in [-0.1, -0.05) is 24.3 Å². The standard InChI is InChI=1S/C23H26F2N2O/c24-18-8-7-17(21(25)15-18)14-16-9-12-27(13-10-16)11-3-5-20-19-4-1-2-6-22(19)26-23(20)28/h1-2,4,6-8,15-16,20H,3,5,9-14H2,(H,26,28). The van der Waals surface area contributed by atoms with Crippen LogP contribution >= 0.6 is 0 Å². The SMILES string of the molecule is O=C1Nc2ccccc2C1CCCN1CCC(Cc2ccc(F)cc2F)CC1. The number of hydrogen-bond acceptors (Lipinski definition) is 2. The normalized spacial score (nSPS) is 20.2. The summed E-state index contributed by atoms with van der Waals surface area (Å²) in [6.45, 7) is 2.99. The number of benzene rings is 2. The first kappa shape index (κ1) is 19.1. The summed E-state index contributed by atoms with van der Waals surface area (Å²) in [6, 6.07) is 11.8. The number of piperidine rings is 1. The fourth-order valence-electron chi connectivity index (χ4n) is 4.49. The second-order valence-electron chi connectivity index (χ2n) is 8.00. The maximum Gasteiger partial charge on any atom is 0.232 e. The molecule has 2 aliphatic rings. The monoisotopic (exact) mass is 384 g/mol. The van der Waals surface area contributed by atoms with Gasteiger partial charge in [-0.05, 0) is 80.9 Å². The molecule has 1 N–H and O–H groups in total. The predicted octanol–water partition coefficient (Wildman–Crippen LogP) is 4.74. The summed E-state index contributed by atoms with van der Waals surface area (Å²) in [6.07, 6.45) is 4.60. The maximum absolute atomic E-state index is 13.9. The zero-order chi connectivity index (χ0) is 19.5. The molecule has 148 valence electrons. The van der Waals surface area contributed by atoms with Gasteiger partial charge < -0.3 is 10.2 Å². The van der Waals surface area contributed by atoms with Crippen LogP contribution < -0.4 is 5.32 Å². The van der Waals surface area contributed by atoms with Gasteiger partial charge in [-0.3, -0.25) is 4.79 Å². The molecule has 1 amide bonds. The molecule has 2 aliphatic heterocycles. The first-order valence-corrected chi connectivity index (χ1v) is 10.2.